The van der Waals surface area contributed by atoms with Crippen molar-refractivity contribution in [3.05, 3.63) is 24.0 Å². The molecule has 1 aromatic heterocycles. The van der Waals surface area contributed by atoms with E-state index in [2.05, 4.69) is 4.74 Å². The number of hydrogen-bond acceptors (Lipinski definition) is 1. The lowest BCUT2D eigenvalue weighted by Gasteiger charge is -2.09. The molecule has 0 radical (unpaired) electrons. The number of alkyl halides is 4. The third-order valence-electron chi connectivity index (χ3n) is 1.69. The van der Waals surface area contributed by atoms with Gasteiger partial charge >= 0.3 is 6.18 Å². The van der Waals surface area contributed by atoms with E-state index in [1.807, 2.05) is 0 Å². The minimum Gasteiger partial charge on any atom is -0.483 e. The van der Waals surface area contributed by atoms with Gasteiger partial charge in [-0.3, -0.25) is 0 Å². The molecule has 84 valence electrons. The van der Waals surface area contributed by atoms with Crippen molar-refractivity contribution < 1.29 is 22.5 Å². The van der Waals surface area contributed by atoms with Crippen LogP contribution >= 0.6 is 11.6 Å². The Balaban J connectivity index is 2.70. The summed E-state index contributed by atoms with van der Waals surface area (Å²) in [5.74, 6) is 0.216. The molecule has 0 fully saturated rings. The lowest BCUT2D eigenvalue weighted by atomic mass is 10.3. The number of hydrogen-bond donors (Lipinski definition) is 0. The van der Waals surface area contributed by atoms with Gasteiger partial charge in [0, 0.05) is 6.07 Å². The molecule has 0 aliphatic carbocycles. The first kappa shape index (κ1) is 12.1. The molecule has 0 amide bonds. The predicted octanol–water partition coefficient (Wildman–Crippen LogP) is 2.42. The number of aryl methyl sites for hydroxylation is 1. The highest BCUT2D eigenvalue weighted by Crippen LogP contribution is 2.20. The summed E-state index contributed by atoms with van der Waals surface area (Å²) < 4.78 is 41.9. The quantitative estimate of drug-likeness (QED) is 0.584. The van der Waals surface area contributed by atoms with Crippen molar-refractivity contribution >= 4 is 11.6 Å². The summed E-state index contributed by atoms with van der Waals surface area (Å²) in [6.45, 7) is 0.382. The van der Waals surface area contributed by atoms with Gasteiger partial charge < -0.3 is 4.74 Å². The standard InChI is InChI=1S/C9H10ClF3NO/c1-7-4-14(6-10)3-2-8(7)15-5-9(11,12)13/h2-4H,5-6H2,1H3/q+1. The van der Waals surface area contributed by atoms with Crippen molar-refractivity contribution in [3.63, 3.8) is 0 Å². The highest BCUT2D eigenvalue weighted by atomic mass is 35.5. The number of halogens is 4. The van der Waals surface area contributed by atoms with Gasteiger partial charge in [-0.15, -0.1) is 0 Å². The molecule has 2 nitrogen and oxygen atoms in total. The van der Waals surface area contributed by atoms with Gasteiger partial charge in [0.2, 0.25) is 6.00 Å². The minimum atomic E-state index is -4.31. The molecule has 1 heterocycles. The molecule has 0 aromatic carbocycles. The second-order valence-corrected chi connectivity index (χ2v) is 3.27. The van der Waals surface area contributed by atoms with Crippen LogP contribution in [0.4, 0.5) is 13.2 Å². The molecular weight excluding hydrogens is 231 g/mol. The lowest BCUT2D eigenvalue weighted by Crippen LogP contribution is -2.30. The Hall–Kier alpha value is -0.970. The molecule has 1 rings (SSSR count). The zero-order valence-electron chi connectivity index (χ0n) is 8.01. The maximum absolute atomic E-state index is 11.9. The lowest BCUT2D eigenvalue weighted by molar-refractivity contribution is -0.678. The maximum atomic E-state index is 11.9. The molecule has 0 aliphatic rings. The van der Waals surface area contributed by atoms with Crippen molar-refractivity contribution in [2.45, 2.75) is 19.1 Å². The molecule has 0 atom stereocenters. The van der Waals surface area contributed by atoms with Gasteiger partial charge in [0.25, 0.3) is 0 Å². The van der Waals surface area contributed by atoms with Gasteiger partial charge in [0.05, 0.1) is 5.56 Å². The number of aromatic nitrogens is 1. The average Bonchev–Trinajstić information content (AvgIpc) is 2.14. The van der Waals surface area contributed by atoms with Gasteiger partial charge in [-0.05, 0) is 6.92 Å². The van der Waals surface area contributed by atoms with Crippen LogP contribution < -0.4 is 9.30 Å². The fourth-order valence-corrected chi connectivity index (χ4v) is 1.19. The number of pyridine rings is 1. The summed E-state index contributed by atoms with van der Waals surface area (Å²) in [5.41, 5.74) is 0.613. The van der Waals surface area contributed by atoms with Crippen LogP contribution in [-0.2, 0) is 6.00 Å². The molecule has 0 bridgehead atoms. The van der Waals surface area contributed by atoms with Crippen LogP contribution in [0.2, 0.25) is 0 Å². The van der Waals surface area contributed by atoms with Gasteiger partial charge in [-0.25, -0.2) is 0 Å². The van der Waals surface area contributed by atoms with Crippen molar-refractivity contribution in [2.75, 3.05) is 6.61 Å². The van der Waals surface area contributed by atoms with E-state index in [1.165, 1.54) is 6.07 Å². The van der Waals surface area contributed by atoms with Gasteiger partial charge in [0.15, 0.2) is 19.0 Å². The van der Waals surface area contributed by atoms with Crippen molar-refractivity contribution in [1.29, 1.82) is 0 Å². The van der Waals surface area contributed by atoms with Crippen LogP contribution in [0.25, 0.3) is 0 Å². The number of nitrogens with zero attached hydrogens (tertiary/aromatic N) is 1. The van der Waals surface area contributed by atoms with Crippen LogP contribution in [0, 0.1) is 6.92 Å². The van der Waals surface area contributed by atoms with E-state index < -0.39 is 12.8 Å². The summed E-state index contributed by atoms with van der Waals surface area (Å²) in [7, 11) is 0. The van der Waals surface area contributed by atoms with Crippen molar-refractivity contribution in [3.8, 4) is 5.75 Å². The number of ether oxygens (including phenoxy) is 1. The van der Waals surface area contributed by atoms with Crippen LogP contribution in [-0.4, -0.2) is 12.8 Å². The number of rotatable bonds is 3. The summed E-state index contributed by atoms with van der Waals surface area (Å²) in [4.78, 5) is 0. The summed E-state index contributed by atoms with van der Waals surface area (Å²) in [6.07, 6.45) is -1.13. The second kappa shape index (κ2) is 4.70. The van der Waals surface area contributed by atoms with Crippen LogP contribution in [0.5, 0.6) is 5.75 Å². The topological polar surface area (TPSA) is 13.1 Å². The maximum Gasteiger partial charge on any atom is 0.422 e. The van der Waals surface area contributed by atoms with Crippen LogP contribution in [0.15, 0.2) is 18.5 Å². The fourth-order valence-electron chi connectivity index (χ4n) is 1.05. The van der Waals surface area contributed by atoms with Gasteiger partial charge in [-0.1, -0.05) is 11.6 Å². The van der Waals surface area contributed by atoms with Crippen LogP contribution in [0.3, 0.4) is 0 Å². The molecule has 0 N–H and O–H groups in total. The minimum absolute atomic E-state index is 0.216. The Morgan fingerprint density at radius 1 is 1.47 bits per heavy atom. The van der Waals surface area contributed by atoms with E-state index >= 15 is 0 Å². The largest absolute Gasteiger partial charge is 0.483 e. The molecule has 0 aliphatic heterocycles. The zero-order valence-corrected chi connectivity index (χ0v) is 8.77. The van der Waals surface area contributed by atoms with E-state index in [1.54, 1.807) is 23.9 Å². The van der Waals surface area contributed by atoms with E-state index in [-0.39, 0.29) is 11.8 Å². The smallest absolute Gasteiger partial charge is 0.422 e. The SMILES string of the molecule is Cc1c[n+](CCl)ccc1OCC(F)(F)F. The fraction of sp³-hybridized carbons (Fsp3) is 0.444. The van der Waals surface area contributed by atoms with E-state index in [4.69, 9.17) is 11.6 Å². The highest BCUT2D eigenvalue weighted by Gasteiger charge is 2.28. The molecule has 15 heavy (non-hydrogen) atoms. The Bertz CT molecular complexity index is 341. The zero-order chi connectivity index (χ0) is 11.5. The van der Waals surface area contributed by atoms with E-state index in [0.29, 0.717) is 5.56 Å². The second-order valence-electron chi connectivity index (χ2n) is 3.03. The predicted molar refractivity (Wildman–Crippen MR) is 48.8 cm³/mol. The van der Waals surface area contributed by atoms with Gasteiger partial charge in [0.1, 0.15) is 5.75 Å². The first-order valence-corrected chi connectivity index (χ1v) is 4.71. The molecule has 0 spiro atoms. The first-order valence-electron chi connectivity index (χ1n) is 4.17. The summed E-state index contributed by atoms with van der Waals surface area (Å²) in [6, 6.07) is 1.71. The Morgan fingerprint density at radius 3 is 2.60 bits per heavy atom. The molecule has 1 aromatic rings. The normalized spacial score (nSPS) is 11.5. The van der Waals surface area contributed by atoms with Gasteiger partial charge in [-0.2, -0.15) is 17.7 Å². The molecule has 0 unspecified atom stereocenters. The first-order chi connectivity index (χ1) is 6.92. The summed E-state index contributed by atoms with van der Waals surface area (Å²) in [5, 5.41) is 0. The molecule has 0 saturated carbocycles. The molecular formula is C9H10ClF3NO+. The van der Waals surface area contributed by atoms with Crippen LogP contribution in [0.1, 0.15) is 5.56 Å². The van der Waals surface area contributed by atoms with Crippen molar-refractivity contribution in [1.82, 2.24) is 0 Å². The van der Waals surface area contributed by atoms with E-state index in [0.717, 1.165) is 0 Å². The Morgan fingerprint density at radius 2 is 2.13 bits per heavy atom. The third kappa shape index (κ3) is 3.95. The third-order valence-corrected chi connectivity index (χ3v) is 1.97. The average molecular weight is 241 g/mol. The summed E-state index contributed by atoms with van der Waals surface area (Å²) >= 11 is 5.54. The molecule has 6 heteroatoms. The van der Waals surface area contributed by atoms with Crippen molar-refractivity contribution in [2.24, 2.45) is 0 Å². The van der Waals surface area contributed by atoms with E-state index in [9.17, 15) is 13.2 Å². The molecule has 0 saturated heterocycles. The highest BCUT2D eigenvalue weighted by molar-refractivity contribution is 6.14. The monoisotopic (exact) mass is 240 g/mol. The Kier molecular flexibility index (Phi) is 3.79. The Labute approximate surface area is 90.2 Å².